The number of methoxy groups -OCH3 is 1. The molecule has 3 nitrogen and oxygen atoms in total. The first-order valence-electron chi connectivity index (χ1n) is 6.02. The van der Waals surface area contributed by atoms with E-state index in [1.807, 2.05) is 13.0 Å². The van der Waals surface area contributed by atoms with Crippen LogP contribution in [-0.4, -0.2) is 26.2 Å². The summed E-state index contributed by atoms with van der Waals surface area (Å²) in [7, 11) is 1.67. The normalized spacial score (nSPS) is 20.1. The Morgan fingerprint density at radius 2 is 2.29 bits per heavy atom. The highest BCUT2D eigenvalue weighted by molar-refractivity contribution is 6.31. The Bertz CT molecular complexity index is 389. The van der Waals surface area contributed by atoms with Crippen LogP contribution in [0.4, 0.5) is 5.69 Å². The van der Waals surface area contributed by atoms with Crippen molar-refractivity contribution >= 4 is 17.3 Å². The maximum Gasteiger partial charge on any atom is 0.143 e. The van der Waals surface area contributed by atoms with E-state index in [0.29, 0.717) is 6.04 Å². The van der Waals surface area contributed by atoms with Crippen molar-refractivity contribution in [2.24, 2.45) is 0 Å². The zero-order valence-corrected chi connectivity index (χ0v) is 11.1. The van der Waals surface area contributed by atoms with Gasteiger partial charge in [-0.15, -0.1) is 0 Å². The van der Waals surface area contributed by atoms with E-state index in [1.54, 1.807) is 7.11 Å². The number of piperidine rings is 1. The Kier molecular flexibility index (Phi) is 4.13. The smallest absolute Gasteiger partial charge is 0.143 e. The molecule has 0 bridgehead atoms. The second kappa shape index (κ2) is 5.61. The van der Waals surface area contributed by atoms with Gasteiger partial charge in [-0.1, -0.05) is 11.6 Å². The fraction of sp³-hybridized carbons (Fsp3) is 0.538. The number of hydrogen-bond acceptors (Lipinski definition) is 3. The van der Waals surface area contributed by atoms with Crippen LogP contribution in [0.25, 0.3) is 0 Å². The lowest BCUT2D eigenvalue weighted by Gasteiger charge is -2.26. The molecule has 0 spiro atoms. The number of aryl methyl sites for hydroxylation is 1. The van der Waals surface area contributed by atoms with Crippen LogP contribution in [0.5, 0.6) is 5.75 Å². The van der Waals surface area contributed by atoms with Crippen LogP contribution in [0.15, 0.2) is 12.1 Å². The average molecular weight is 255 g/mol. The van der Waals surface area contributed by atoms with Crippen LogP contribution in [0.3, 0.4) is 0 Å². The predicted molar refractivity (Wildman–Crippen MR) is 72.3 cm³/mol. The first-order chi connectivity index (χ1) is 8.20. The minimum Gasteiger partial charge on any atom is -0.495 e. The molecule has 1 aromatic rings. The molecule has 94 valence electrons. The third kappa shape index (κ3) is 3.05. The van der Waals surface area contributed by atoms with Crippen LogP contribution in [-0.2, 0) is 0 Å². The maximum atomic E-state index is 6.09. The summed E-state index contributed by atoms with van der Waals surface area (Å²) in [6.07, 6.45) is 2.41. The Hall–Kier alpha value is -0.930. The number of nitrogens with one attached hydrogen (secondary N) is 2. The molecule has 1 aliphatic rings. The quantitative estimate of drug-likeness (QED) is 0.870. The third-order valence-corrected chi connectivity index (χ3v) is 3.54. The summed E-state index contributed by atoms with van der Waals surface area (Å²) >= 11 is 6.09. The molecule has 1 heterocycles. The largest absolute Gasteiger partial charge is 0.495 e. The maximum absolute atomic E-state index is 6.09. The number of benzene rings is 1. The Labute approximate surface area is 107 Å². The molecular weight excluding hydrogens is 236 g/mol. The second-order valence-electron chi connectivity index (χ2n) is 4.49. The summed E-state index contributed by atoms with van der Waals surface area (Å²) in [5.41, 5.74) is 2.10. The van der Waals surface area contributed by atoms with Crippen molar-refractivity contribution in [2.75, 3.05) is 25.5 Å². The van der Waals surface area contributed by atoms with Crippen molar-refractivity contribution in [1.29, 1.82) is 0 Å². The zero-order valence-electron chi connectivity index (χ0n) is 10.3. The number of rotatable bonds is 3. The fourth-order valence-electron chi connectivity index (χ4n) is 2.14. The van der Waals surface area contributed by atoms with Crippen LogP contribution < -0.4 is 15.4 Å². The summed E-state index contributed by atoms with van der Waals surface area (Å²) in [6, 6.07) is 4.39. The molecule has 17 heavy (non-hydrogen) atoms. The molecule has 1 aromatic carbocycles. The van der Waals surface area contributed by atoms with Crippen molar-refractivity contribution in [3.8, 4) is 5.75 Å². The highest BCUT2D eigenvalue weighted by Crippen LogP contribution is 2.31. The summed E-state index contributed by atoms with van der Waals surface area (Å²) in [4.78, 5) is 0. The lowest BCUT2D eigenvalue weighted by molar-refractivity contribution is 0.414. The van der Waals surface area contributed by atoms with E-state index in [9.17, 15) is 0 Å². The van der Waals surface area contributed by atoms with E-state index in [2.05, 4.69) is 16.7 Å². The zero-order chi connectivity index (χ0) is 12.3. The van der Waals surface area contributed by atoms with Gasteiger partial charge >= 0.3 is 0 Å². The van der Waals surface area contributed by atoms with Gasteiger partial charge in [0.05, 0.1) is 12.8 Å². The highest BCUT2D eigenvalue weighted by Gasteiger charge is 2.15. The Morgan fingerprint density at radius 3 is 2.94 bits per heavy atom. The third-order valence-electron chi connectivity index (χ3n) is 3.14. The van der Waals surface area contributed by atoms with Crippen molar-refractivity contribution < 1.29 is 4.74 Å². The van der Waals surface area contributed by atoms with Crippen LogP contribution >= 0.6 is 11.6 Å². The van der Waals surface area contributed by atoms with Gasteiger partial charge in [-0.25, -0.2) is 0 Å². The van der Waals surface area contributed by atoms with Crippen LogP contribution in [0, 0.1) is 6.92 Å². The minimum atomic E-state index is 0.471. The molecule has 0 saturated carbocycles. The van der Waals surface area contributed by atoms with Gasteiger partial charge in [-0.05, 0) is 37.9 Å². The number of anilines is 1. The molecule has 1 unspecified atom stereocenters. The van der Waals surface area contributed by atoms with E-state index in [0.717, 1.165) is 35.1 Å². The molecule has 2 N–H and O–H groups in total. The Morgan fingerprint density at radius 1 is 1.47 bits per heavy atom. The first-order valence-corrected chi connectivity index (χ1v) is 6.40. The molecule has 2 rings (SSSR count). The monoisotopic (exact) mass is 254 g/mol. The molecule has 0 aromatic heterocycles. The molecule has 4 heteroatoms. The van der Waals surface area contributed by atoms with Crippen molar-refractivity contribution in [3.63, 3.8) is 0 Å². The SMILES string of the molecule is COc1cc(Cl)c(C)cc1NC1CCCNC1. The van der Waals surface area contributed by atoms with Crippen LogP contribution in [0.1, 0.15) is 18.4 Å². The van der Waals surface area contributed by atoms with Gasteiger partial charge in [0.25, 0.3) is 0 Å². The predicted octanol–water partition coefficient (Wildman–Crippen LogP) is 2.82. The average Bonchev–Trinajstić information content (AvgIpc) is 2.35. The fourth-order valence-corrected chi connectivity index (χ4v) is 2.29. The van der Waals surface area contributed by atoms with E-state index in [-0.39, 0.29) is 0 Å². The minimum absolute atomic E-state index is 0.471. The lowest BCUT2D eigenvalue weighted by atomic mass is 10.1. The number of halogens is 1. The van der Waals surface area contributed by atoms with E-state index >= 15 is 0 Å². The van der Waals surface area contributed by atoms with Crippen molar-refractivity contribution in [3.05, 3.63) is 22.7 Å². The van der Waals surface area contributed by atoms with Gasteiger partial charge in [0.15, 0.2) is 0 Å². The topological polar surface area (TPSA) is 33.3 Å². The number of hydrogen-bond donors (Lipinski definition) is 2. The van der Waals surface area contributed by atoms with E-state index < -0.39 is 0 Å². The molecule has 1 atom stereocenters. The standard InChI is InChI=1S/C13H19ClN2O/c1-9-6-12(13(17-2)7-11(9)14)16-10-4-3-5-15-8-10/h6-7,10,15-16H,3-5,8H2,1-2H3. The van der Waals surface area contributed by atoms with Crippen molar-refractivity contribution in [1.82, 2.24) is 5.32 Å². The molecule has 0 amide bonds. The van der Waals surface area contributed by atoms with Crippen molar-refractivity contribution in [2.45, 2.75) is 25.8 Å². The molecule has 0 aliphatic carbocycles. The van der Waals surface area contributed by atoms with E-state index in [4.69, 9.17) is 16.3 Å². The van der Waals surface area contributed by atoms with Gasteiger partial charge in [-0.2, -0.15) is 0 Å². The van der Waals surface area contributed by atoms with Gasteiger partial charge < -0.3 is 15.4 Å². The summed E-state index contributed by atoms with van der Waals surface area (Å²) < 4.78 is 5.36. The van der Waals surface area contributed by atoms with Gasteiger partial charge in [0.1, 0.15) is 5.75 Å². The first kappa shape index (κ1) is 12.5. The molecular formula is C13H19ClN2O. The number of ether oxygens (including phenoxy) is 1. The van der Waals surface area contributed by atoms with Gasteiger partial charge in [0, 0.05) is 23.7 Å². The van der Waals surface area contributed by atoms with Crippen LogP contribution in [0.2, 0.25) is 5.02 Å². The van der Waals surface area contributed by atoms with Gasteiger partial charge in [-0.3, -0.25) is 0 Å². The van der Waals surface area contributed by atoms with E-state index in [1.165, 1.54) is 12.8 Å². The highest BCUT2D eigenvalue weighted by atomic mass is 35.5. The summed E-state index contributed by atoms with van der Waals surface area (Å²) in [6.45, 7) is 4.13. The summed E-state index contributed by atoms with van der Waals surface area (Å²) in [5, 5.41) is 7.66. The molecule has 1 aliphatic heterocycles. The molecule has 1 saturated heterocycles. The second-order valence-corrected chi connectivity index (χ2v) is 4.90. The molecule has 1 fully saturated rings. The molecule has 0 radical (unpaired) electrons. The summed E-state index contributed by atoms with van der Waals surface area (Å²) in [5.74, 6) is 0.811. The lowest BCUT2D eigenvalue weighted by Crippen LogP contribution is -2.38. The Balaban J connectivity index is 2.15. The van der Waals surface area contributed by atoms with Gasteiger partial charge in [0.2, 0.25) is 0 Å².